The molecule has 1 aliphatic heterocycles. The summed E-state index contributed by atoms with van der Waals surface area (Å²) in [6.07, 6.45) is 4.33. The van der Waals surface area contributed by atoms with E-state index >= 15 is 0 Å². The molecule has 0 bridgehead atoms. The first-order valence-corrected chi connectivity index (χ1v) is 11.7. The number of amides is 2. The number of piperidine rings is 1. The third-order valence-electron chi connectivity index (χ3n) is 5.55. The van der Waals surface area contributed by atoms with Crippen LogP contribution in [0.1, 0.15) is 25.7 Å². The summed E-state index contributed by atoms with van der Waals surface area (Å²) in [5.41, 5.74) is 7.00. The number of H-pyrrole nitrogens is 1. The number of aromatic nitrogens is 1. The van der Waals surface area contributed by atoms with Crippen molar-refractivity contribution in [3.05, 3.63) is 56.2 Å². The number of hydrogen-bond donors (Lipinski definition) is 4. The molecule has 1 aliphatic rings. The van der Waals surface area contributed by atoms with Crippen LogP contribution in [0.4, 0.5) is 10.5 Å². The van der Waals surface area contributed by atoms with Crippen LogP contribution in [-0.2, 0) is 0 Å². The molecule has 0 radical (unpaired) electrons. The average Bonchev–Trinajstić information content (AvgIpc) is 2.75. The molecule has 0 spiro atoms. The van der Waals surface area contributed by atoms with Gasteiger partial charge in [-0.1, -0.05) is 46.1 Å². The minimum Gasteiger partial charge on any atom is -0.492 e. The van der Waals surface area contributed by atoms with E-state index in [4.69, 9.17) is 22.1 Å². The van der Waals surface area contributed by atoms with Gasteiger partial charge in [-0.2, -0.15) is 0 Å². The number of aromatic amines is 1. The summed E-state index contributed by atoms with van der Waals surface area (Å²) in [4.78, 5) is 27.4. The SMILES string of the molecule is NC(=O)Nc1cc2c(OCCC3CCCCN3)c(-c3cccc(Br)c3)c(=O)[nH]c2cc1Cl. The smallest absolute Gasteiger partial charge is 0.316 e. The van der Waals surface area contributed by atoms with Crippen molar-refractivity contribution in [3.8, 4) is 16.9 Å². The molecule has 1 aromatic heterocycles. The quantitative estimate of drug-likeness (QED) is 0.367. The van der Waals surface area contributed by atoms with E-state index in [0.717, 1.165) is 23.9 Å². The highest BCUT2D eigenvalue weighted by Crippen LogP contribution is 2.38. The van der Waals surface area contributed by atoms with Gasteiger partial charge in [0.25, 0.3) is 5.56 Å². The van der Waals surface area contributed by atoms with Crippen molar-refractivity contribution >= 4 is 50.2 Å². The molecule has 2 amide bonds. The number of fused-ring (bicyclic) bond motifs is 1. The van der Waals surface area contributed by atoms with Crippen LogP contribution in [0.3, 0.4) is 0 Å². The first-order valence-electron chi connectivity index (χ1n) is 10.5. The number of urea groups is 1. The maximum absolute atomic E-state index is 13.1. The number of carbonyl (C=O) groups excluding carboxylic acids is 1. The average molecular weight is 520 g/mol. The van der Waals surface area contributed by atoms with Gasteiger partial charge in [0.15, 0.2) is 0 Å². The van der Waals surface area contributed by atoms with Gasteiger partial charge in [0, 0.05) is 15.9 Å². The highest BCUT2D eigenvalue weighted by Gasteiger charge is 2.20. The lowest BCUT2D eigenvalue weighted by molar-refractivity contribution is 0.259. The van der Waals surface area contributed by atoms with Gasteiger partial charge in [-0.15, -0.1) is 0 Å². The maximum Gasteiger partial charge on any atom is 0.316 e. The number of nitrogens with one attached hydrogen (secondary N) is 3. The van der Waals surface area contributed by atoms with Crippen molar-refractivity contribution in [2.24, 2.45) is 5.73 Å². The molecule has 0 aliphatic carbocycles. The van der Waals surface area contributed by atoms with E-state index in [-0.39, 0.29) is 10.6 Å². The zero-order valence-corrected chi connectivity index (χ0v) is 19.7. The minimum atomic E-state index is -0.728. The molecule has 3 aromatic rings. The summed E-state index contributed by atoms with van der Waals surface area (Å²) < 4.78 is 7.11. The van der Waals surface area contributed by atoms with Crippen LogP contribution in [0.25, 0.3) is 22.0 Å². The molecule has 1 fully saturated rings. The zero-order valence-electron chi connectivity index (χ0n) is 17.3. The lowest BCUT2D eigenvalue weighted by atomic mass is 10.0. The number of anilines is 1. The third kappa shape index (κ3) is 5.09. The summed E-state index contributed by atoms with van der Waals surface area (Å²) in [6, 6.07) is 10.4. The van der Waals surface area contributed by atoms with Crippen molar-refractivity contribution in [2.45, 2.75) is 31.7 Å². The highest BCUT2D eigenvalue weighted by molar-refractivity contribution is 9.10. The van der Waals surface area contributed by atoms with E-state index in [2.05, 4.69) is 31.5 Å². The molecule has 5 N–H and O–H groups in total. The Bertz CT molecular complexity index is 1210. The number of pyridine rings is 1. The fourth-order valence-corrected chi connectivity index (χ4v) is 4.66. The predicted molar refractivity (Wildman–Crippen MR) is 132 cm³/mol. The largest absolute Gasteiger partial charge is 0.492 e. The number of carbonyl (C=O) groups is 1. The number of benzene rings is 2. The van der Waals surface area contributed by atoms with Crippen molar-refractivity contribution in [2.75, 3.05) is 18.5 Å². The van der Waals surface area contributed by atoms with Gasteiger partial charge in [-0.3, -0.25) is 4.79 Å². The number of halogens is 2. The van der Waals surface area contributed by atoms with Gasteiger partial charge in [0.1, 0.15) is 5.75 Å². The zero-order chi connectivity index (χ0) is 22.7. The van der Waals surface area contributed by atoms with Crippen LogP contribution in [0.5, 0.6) is 5.75 Å². The van der Waals surface area contributed by atoms with E-state index < -0.39 is 6.03 Å². The monoisotopic (exact) mass is 518 g/mol. The number of ether oxygens (including phenoxy) is 1. The van der Waals surface area contributed by atoms with Gasteiger partial charge in [-0.05, 0) is 55.6 Å². The number of primary amides is 1. The Morgan fingerprint density at radius 3 is 2.84 bits per heavy atom. The third-order valence-corrected chi connectivity index (χ3v) is 6.36. The molecule has 4 rings (SSSR count). The first-order chi connectivity index (χ1) is 15.4. The van der Waals surface area contributed by atoms with Crippen molar-refractivity contribution in [3.63, 3.8) is 0 Å². The lowest BCUT2D eigenvalue weighted by Crippen LogP contribution is -2.35. The first kappa shape index (κ1) is 22.6. The molecular formula is C23H24BrClN4O3. The second kappa shape index (κ2) is 9.94. The molecule has 32 heavy (non-hydrogen) atoms. The van der Waals surface area contributed by atoms with Gasteiger partial charge in [0.2, 0.25) is 0 Å². The van der Waals surface area contributed by atoms with Crippen molar-refractivity contribution in [1.29, 1.82) is 0 Å². The molecule has 9 heteroatoms. The molecule has 168 valence electrons. The normalized spacial score (nSPS) is 16.1. The summed E-state index contributed by atoms with van der Waals surface area (Å²) >= 11 is 9.76. The second-order valence-electron chi connectivity index (χ2n) is 7.82. The molecular weight excluding hydrogens is 496 g/mol. The van der Waals surface area contributed by atoms with Crippen molar-refractivity contribution in [1.82, 2.24) is 10.3 Å². The van der Waals surface area contributed by atoms with Crippen LogP contribution in [0.15, 0.2) is 45.7 Å². The Hall–Kier alpha value is -2.55. The summed E-state index contributed by atoms with van der Waals surface area (Å²) in [5, 5.41) is 6.93. The fraction of sp³-hybridized carbons (Fsp3) is 0.304. The Kier molecular flexibility index (Phi) is 7.03. The van der Waals surface area contributed by atoms with Gasteiger partial charge in [-0.25, -0.2) is 4.79 Å². The van der Waals surface area contributed by atoms with Crippen LogP contribution < -0.4 is 26.7 Å². The Morgan fingerprint density at radius 1 is 1.28 bits per heavy atom. The summed E-state index contributed by atoms with van der Waals surface area (Å²) in [6.45, 7) is 1.46. The Balaban J connectivity index is 1.81. The molecule has 1 saturated heterocycles. The standard InChI is InChI=1S/C23H24BrClN4O3/c24-14-5-3-4-13(10-14)20-21(32-9-7-15-6-1-2-8-27-15)16-11-19(29-23(26)31)17(25)12-18(16)28-22(20)30/h3-5,10-12,15,27H,1-2,6-9H2,(H,28,30)(H3,26,29,31). The van der Waals surface area contributed by atoms with E-state index in [9.17, 15) is 9.59 Å². The number of rotatable bonds is 6. The molecule has 1 unspecified atom stereocenters. The molecule has 2 aromatic carbocycles. The Labute approximate surface area is 198 Å². The topological polar surface area (TPSA) is 109 Å². The van der Waals surface area contributed by atoms with Crippen LogP contribution in [0, 0.1) is 0 Å². The highest BCUT2D eigenvalue weighted by atomic mass is 79.9. The number of hydrogen-bond acceptors (Lipinski definition) is 4. The van der Waals surface area contributed by atoms with E-state index in [0.29, 0.717) is 46.1 Å². The molecule has 1 atom stereocenters. The minimum absolute atomic E-state index is 0.263. The van der Waals surface area contributed by atoms with Gasteiger partial charge < -0.3 is 26.1 Å². The van der Waals surface area contributed by atoms with Crippen LogP contribution in [0.2, 0.25) is 5.02 Å². The summed E-state index contributed by atoms with van der Waals surface area (Å²) in [7, 11) is 0. The van der Waals surface area contributed by atoms with Gasteiger partial charge in [0.05, 0.1) is 28.4 Å². The van der Waals surface area contributed by atoms with Gasteiger partial charge >= 0.3 is 6.03 Å². The van der Waals surface area contributed by atoms with Crippen molar-refractivity contribution < 1.29 is 9.53 Å². The summed E-state index contributed by atoms with van der Waals surface area (Å²) in [5.74, 6) is 0.446. The molecule has 2 heterocycles. The molecule has 7 nitrogen and oxygen atoms in total. The van der Waals surface area contributed by atoms with E-state index in [1.165, 1.54) is 12.8 Å². The second-order valence-corrected chi connectivity index (χ2v) is 9.14. The van der Waals surface area contributed by atoms with E-state index in [1.807, 2.05) is 24.3 Å². The number of nitrogens with two attached hydrogens (primary N) is 1. The molecule has 0 saturated carbocycles. The van der Waals surface area contributed by atoms with Crippen LogP contribution in [-0.4, -0.2) is 30.2 Å². The Morgan fingerprint density at radius 2 is 2.12 bits per heavy atom. The predicted octanol–water partition coefficient (Wildman–Crippen LogP) is 5.01. The van der Waals surface area contributed by atoms with Crippen LogP contribution >= 0.6 is 27.5 Å². The van der Waals surface area contributed by atoms with E-state index in [1.54, 1.807) is 12.1 Å². The maximum atomic E-state index is 13.1. The lowest BCUT2D eigenvalue weighted by Gasteiger charge is -2.24. The fourth-order valence-electron chi connectivity index (χ4n) is 4.05.